The molecular weight excluding hydrogens is 324 g/mol. The average molecular weight is 358 g/mol. The van der Waals surface area contributed by atoms with Crippen molar-refractivity contribution in [3.8, 4) is 0 Å². The Morgan fingerprint density at radius 2 is 2.00 bits per heavy atom. The van der Waals surface area contributed by atoms with E-state index in [0.717, 1.165) is 0 Å². The number of rotatable bonds is 5. The molecule has 0 bridgehead atoms. The van der Waals surface area contributed by atoms with Crippen molar-refractivity contribution in [3.05, 3.63) is 0 Å². The third-order valence-corrected chi connectivity index (χ3v) is 3.70. The first-order valence-corrected chi connectivity index (χ1v) is 8.85. The molecule has 8 nitrogen and oxygen atoms in total. The lowest BCUT2D eigenvalue weighted by Crippen LogP contribution is -2.51. The van der Waals surface area contributed by atoms with Crippen LogP contribution in [-0.4, -0.2) is 71.8 Å². The number of aliphatic imine (C=N–C) groups is 1. The molecule has 2 unspecified atom stereocenters. The second-order valence-corrected chi connectivity index (χ2v) is 7.56. The van der Waals surface area contributed by atoms with Crippen molar-refractivity contribution in [1.82, 2.24) is 15.5 Å². The molecule has 0 aliphatic carbocycles. The smallest absolute Gasteiger partial charge is 0.412 e. The van der Waals surface area contributed by atoms with Gasteiger partial charge in [0, 0.05) is 13.1 Å². The standard InChI is InChI=1S/C17H34N4O4/c1-8-18-14(19-9-10-22)20-11-13-12(2)24-17(6,7)21(13)15(23)25-16(3,4)5/h12-13,22H,8-11H2,1-7H3,(H2,18,19,20). The fraction of sp³-hybridized carbons (Fsp3) is 0.882. The van der Waals surface area contributed by atoms with Crippen LogP contribution in [-0.2, 0) is 9.47 Å². The second-order valence-electron chi connectivity index (χ2n) is 7.56. The minimum Gasteiger partial charge on any atom is -0.444 e. The summed E-state index contributed by atoms with van der Waals surface area (Å²) in [6.07, 6.45) is -0.581. The molecule has 0 spiro atoms. The summed E-state index contributed by atoms with van der Waals surface area (Å²) in [6.45, 7) is 14.6. The van der Waals surface area contributed by atoms with Gasteiger partial charge in [-0.1, -0.05) is 0 Å². The third-order valence-electron chi connectivity index (χ3n) is 3.70. The highest BCUT2D eigenvalue weighted by Crippen LogP contribution is 2.33. The lowest BCUT2D eigenvalue weighted by atomic mass is 10.1. The number of nitrogens with one attached hydrogen (secondary N) is 2. The summed E-state index contributed by atoms with van der Waals surface area (Å²) in [7, 11) is 0. The van der Waals surface area contributed by atoms with Crippen LogP contribution in [0.3, 0.4) is 0 Å². The van der Waals surface area contributed by atoms with Gasteiger partial charge in [0.25, 0.3) is 0 Å². The summed E-state index contributed by atoms with van der Waals surface area (Å²) in [4.78, 5) is 18.8. The topological polar surface area (TPSA) is 95.4 Å². The number of carbonyl (C=O) groups excluding carboxylic acids is 1. The molecule has 0 radical (unpaired) electrons. The number of nitrogens with zero attached hydrogens (tertiary/aromatic N) is 2. The molecule has 2 atom stereocenters. The second kappa shape index (κ2) is 8.71. The van der Waals surface area contributed by atoms with E-state index in [1.54, 1.807) is 4.90 Å². The highest BCUT2D eigenvalue weighted by Gasteiger charge is 2.49. The normalized spacial score (nSPS) is 23.5. The van der Waals surface area contributed by atoms with Crippen molar-refractivity contribution in [3.63, 3.8) is 0 Å². The zero-order valence-corrected chi connectivity index (χ0v) is 16.5. The number of aliphatic hydroxyl groups excluding tert-OH is 1. The predicted molar refractivity (Wildman–Crippen MR) is 97.6 cm³/mol. The van der Waals surface area contributed by atoms with Crippen LogP contribution in [0.4, 0.5) is 4.79 Å². The first-order valence-electron chi connectivity index (χ1n) is 8.85. The Kier molecular flexibility index (Phi) is 7.49. The van der Waals surface area contributed by atoms with Gasteiger partial charge in [-0.15, -0.1) is 0 Å². The highest BCUT2D eigenvalue weighted by molar-refractivity contribution is 5.79. The van der Waals surface area contributed by atoms with Gasteiger partial charge >= 0.3 is 6.09 Å². The minimum atomic E-state index is -0.765. The first-order chi connectivity index (χ1) is 11.5. The fourth-order valence-electron chi connectivity index (χ4n) is 2.80. The molecule has 1 saturated heterocycles. The van der Waals surface area contributed by atoms with E-state index in [0.29, 0.717) is 25.6 Å². The molecule has 1 aliphatic rings. The van der Waals surface area contributed by atoms with Gasteiger partial charge in [0.05, 0.1) is 25.3 Å². The lowest BCUT2D eigenvalue weighted by molar-refractivity contribution is -0.0755. The van der Waals surface area contributed by atoms with E-state index in [1.807, 2.05) is 48.5 Å². The first kappa shape index (κ1) is 21.5. The Morgan fingerprint density at radius 1 is 1.36 bits per heavy atom. The van der Waals surface area contributed by atoms with Gasteiger partial charge in [-0.3, -0.25) is 9.89 Å². The lowest BCUT2D eigenvalue weighted by Gasteiger charge is -2.34. The Bertz CT molecular complexity index is 474. The fourth-order valence-corrected chi connectivity index (χ4v) is 2.80. The number of guanidine groups is 1. The van der Waals surface area contributed by atoms with Crippen LogP contribution in [0.25, 0.3) is 0 Å². The number of amides is 1. The zero-order chi connectivity index (χ0) is 19.3. The van der Waals surface area contributed by atoms with Crippen molar-refractivity contribution in [2.24, 2.45) is 4.99 Å². The van der Waals surface area contributed by atoms with Gasteiger partial charge in [-0.05, 0) is 48.5 Å². The van der Waals surface area contributed by atoms with E-state index in [9.17, 15) is 4.79 Å². The molecule has 0 aromatic carbocycles. The van der Waals surface area contributed by atoms with Crippen LogP contribution in [0.15, 0.2) is 4.99 Å². The van der Waals surface area contributed by atoms with E-state index in [4.69, 9.17) is 14.6 Å². The van der Waals surface area contributed by atoms with Crippen molar-refractivity contribution >= 4 is 12.1 Å². The number of carbonyl (C=O) groups is 1. The van der Waals surface area contributed by atoms with Gasteiger partial charge in [-0.2, -0.15) is 0 Å². The van der Waals surface area contributed by atoms with E-state index < -0.39 is 17.4 Å². The molecule has 1 rings (SSSR count). The van der Waals surface area contributed by atoms with Crippen LogP contribution < -0.4 is 10.6 Å². The molecule has 1 heterocycles. The maximum absolute atomic E-state index is 12.7. The van der Waals surface area contributed by atoms with Crippen molar-refractivity contribution in [1.29, 1.82) is 0 Å². The largest absolute Gasteiger partial charge is 0.444 e. The average Bonchev–Trinajstić information content (AvgIpc) is 2.68. The number of hydrogen-bond donors (Lipinski definition) is 3. The molecule has 3 N–H and O–H groups in total. The monoisotopic (exact) mass is 358 g/mol. The molecule has 25 heavy (non-hydrogen) atoms. The maximum Gasteiger partial charge on any atom is 0.412 e. The summed E-state index contributed by atoms with van der Waals surface area (Å²) < 4.78 is 11.5. The Balaban J connectivity index is 2.94. The van der Waals surface area contributed by atoms with Crippen LogP contribution in [0.2, 0.25) is 0 Å². The summed E-state index contributed by atoms with van der Waals surface area (Å²) in [5, 5.41) is 15.1. The van der Waals surface area contributed by atoms with Crippen LogP contribution in [0.1, 0.15) is 48.5 Å². The maximum atomic E-state index is 12.7. The van der Waals surface area contributed by atoms with Crippen LogP contribution in [0, 0.1) is 0 Å². The Morgan fingerprint density at radius 3 is 2.52 bits per heavy atom. The SMILES string of the molecule is CCNC(=NCC1C(C)OC(C)(C)N1C(=O)OC(C)(C)C)NCCO. The van der Waals surface area contributed by atoms with Gasteiger partial charge in [-0.25, -0.2) is 4.79 Å². The molecular formula is C17H34N4O4. The Labute approximate surface area is 151 Å². The quantitative estimate of drug-likeness (QED) is 0.506. The van der Waals surface area contributed by atoms with Gasteiger partial charge < -0.3 is 25.2 Å². The van der Waals surface area contributed by atoms with E-state index in [1.165, 1.54) is 0 Å². The van der Waals surface area contributed by atoms with Crippen molar-refractivity contribution in [2.45, 2.75) is 71.9 Å². The van der Waals surface area contributed by atoms with Crippen LogP contribution in [0.5, 0.6) is 0 Å². The molecule has 8 heteroatoms. The van der Waals surface area contributed by atoms with E-state index in [2.05, 4.69) is 15.6 Å². The number of ether oxygens (including phenoxy) is 2. The van der Waals surface area contributed by atoms with Gasteiger partial charge in [0.15, 0.2) is 5.96 Å². The molecule has 1 aliphatic heterocycles. The van der Waals surface area contributed by atoms with Crippen molar-refractivity contribution < 1.29 is 19.4 Å². The number of hydrogen-bond acceptors (Lipinski definition) is 5. The van der Waals surface area contributed by atoms with E-state index >= 15 is 0 Å². The molecule has 1 amide bonds. The highest BCUT2D eigenvalue weighted by atomic mass is 16.6. The summed E-state index contributed by atoms with van der Waals surface area (Å²) in [5.41, 5.74) is -1.34. The summed E-state index contributed by atoms with van der Waals surface area (Å²) in [6, 6.07) is -0.241. The van der Waals surface area contributed by atoms with Crippen molar-refractivity contribution in [2.75, 3.05) is 26.2 Å². The summed E-state index contributed by atoms with van der Waals surface area (Å²) in [5.74, 6) is 0.595. The molecule has 146 valence electrons. The molecule has 1 fully saturated rings. The molecule has 0 saturated carbocycles. The zero-order valence-electron chi connectivity index (χ0n) is 16.5. The number of aliphatic hydroxyl groups is 1. The van der Waals surface area contributed by atoms with E-state index in [-0.39, 0.29) is 18.8 Å². The van der Waals surface area contributed by atoms with Gasteiger partial charge in [0.1, 0.15) is 11.3 Å². The predicted octanol–water partition coefficient (Wildman–Crippen LogP) is 1.29. The Hall–Kier alpha value is -1.54. The minimum absolute atomic E-state index is 0.0183. The van der Waals surface area contributed by atoms with Crippen LogP contribution >= 0.6 is 0 Å². The molecule has 0 aromatic heterocycles. The summed E-state index contributed by atoms with van der Waals surface area (Å²) >= 11 is 0. The van der Waals surface area contributed by atoms with Gasteiger partial charge in [0.2, 0.25) is 0 Å². The third kappa shape index (κ3) is 6.36. The molecule has 0 aromatic rings.